The normalized spacial score (nSPS) is 18.7. The molecule has 2 aromatic carbocycles. The van der Waals surface area contributed by atoms with Crippen LogP contribution < -0.4 is 9.47 Å². The van der Waals surface area contributed by atoms with Crippen molar-refractivity contribution in [3.8, 4) is 11.5 Å². The van der Waals surface area contributed by atoms with E-state index in [1.807, 2.05) is 39.0 Å². The molecule has 0 aliphatic carbocycles. The Morgan fingerprint density at radius 2 is 1.77 bits per heavy atom. The fourth-order valence-corrected chi connectivity index (χ4v) is 6.00. The van der Waals surface area contributed by atoms with Crippen molar-refractivity contribution in [1.82, 2.24) is 4.31 Å². The maximum atomic E-state index is 13.3. The lowest BCUT2D eigenvalue weighted by atomic mass is 9.82. The summed E-state index contributed by atoms with van der Waals surface area (Å²) in [7, 11) is -2.23. The van der Waals surface area contributed by atoms with Gasteiger partial charge in [-0.25, -0.2) is 8.42 Å². The van der Waals surface area contributed by atoms with Crippen molar-refractivity contribution >= 4 is 15.8 Å². The van der Waals surface area contributed by atoms with Crippen molar-refractivity contribution in [2.45, 2.75) is 50.5 Å². The average Bonchev–Trinajstić information content (AvgIpc) is 2.71. The number of fused-ring (bicyclic) bond motifs is 1. The van der Waals surface area contributed by atoms with Crippen LogP contribution >= 0.6 is 0 Å². The van der Waals surface area contributed by atoms with Crippen molar-refractivity contribution in [2.24, 2.45) is 0 Å². The molecule has 4 rings (SSSR count). The van der Waals surface area contributed by atoms with Gasteiger partial charge in [-0.05, 0) is 55.7 Å². The number of carbonyl (C=O) groups excluding carboxylic acids is 1. The first-order valence-corrected chi connectivity index (χ1v) is 11.6. The van der Waals surface area contributed by atoms with E-state index in [0.717, 1.165) is 16.7 Å². The third kappa shape index (κ3) is 3.40. The molecule has 0 atom stereocenters. The molecule has 7 heteroatoms. The predicted octanol–water partition coefficient (Wildman–Crippen LogP) is 3.81. The maximum Gasteiger partial charge on any atom is 0.246 e. The third-order valence-electron chi connectivity index (χ3n) is 6.35. The molecule has 2 aliphatic heterocycles. The maximum absolute atomic E-state index is 13.3. The number of Topliss-reactive ketones (excluding diaryl/α,β-unsaturated/α-hetero) is 1. The molecule has 6 nitrogen and oxygen atoms in total. The molecule has 0 saturated carbocycles. The molecule has 0 amide bonds. The summed E-state index contributed by atoms with van der Waals surface area (Å²) in [6.07, 6.45) is 1.22. The summed E-state index contributed by atoms with van der Waals surface area (Å²) >= 11 is 0. The lowest BCUT2D eigenvalue weighted by Gasteiger charge is -2.44. The highest BCUT2D eigenvalue weighted by atomic mass is 32.2. The Morgan fingerprint density at radius 1 is 1.07 bits per heavy atom. The van der Waals surface area contributed by atoms with Crippen molar-refractivity contribution < 1.29 is 22.7 Å². The van der Waals surface area contributed by atoms with Gasteiger partial charge in [0.25, 0.3) is 0 Å². The lowest BCUT2D eigenvalue weighted by molar-refractivity contribution is 0.00531. The number of piperidine rings is 1. The third-order valence-corrected chi connectivity index (χ3v) is 8.27. The highest BCUT2D eigenvalue weighted by Crippen LogP contribution is 2.42. The van der Waals surface area contributed by atoms with Gasteiger partial charge in [0.15, 0.2) is 5.78 Å². The number of methoxy groups -OCH3 is 1. The van der Waals surface area contributed by atoms with Crippen LogP contribution in [0, 0.1) is 20.8 Å². The van der Waals surface area contributed by atoms with Crippen molar-refractivity contribution in [1.29, 1.82) is 0 Å². The fourth-order valence-electron chi connectivity index (χ4n) is 4.32. The number of aryl methyl sites for hydroxylation is 2. The Bertz CT molecular complexity index is 1110. The highest BCUT2D eigenvalue weighted by molar-refractivity contribution is 7.89. The Morgan fingerprint density at radius 3 is 2.43 bits per heavy atom. The first kappa shape index (κ1) is 20.9. The molecule has 0 aromatic heterocycles. The topological polar surface area (TPSA) is 72.9 Å². The minimum atomic E-state index is -3.70. The fraction of sp³-hybridized carbons (Fsp3) is 0.435. The van der Waals surface area contributed by atoms with Crippen LogP contribution in [0.25, 0.3) is 0 Å². The van der Waals surface area contributed by atoms with E-state index in [2.05, 4.69) is 0 Å². The van der Waals surface area contributed by atoms with Crippen LogP contribution in [-0.2, 0) is 10.0 Å². The summed E-state index contributed by atoms with van der Waals surface area (Å²) in [6, 6.07) is 8.92. The second-order valence-electron chi connectivity index (χ2n) is 8.33. The van der Waals surface area contributed by atoms with E-state index in [0.29, 0.717) is 43.0 Å². The van der Waals surface area contributed by atoms with Gasteiger partial charge in [0.05, 0.1) is 19.1 Å². The van der Waals surface area contributed by atoms with E-state index >= 15 is 0 Å². The number of carbonyl (C=O) groups is 1. The second-order valence-corrected chi connectivity index (χ2v) is 10.2. The van der Waals surface area contributed by atoms with E-state index in [1.54, 1.807) is 12.1 Å². The summed E-state index contributed by atoms with van der Waals surface area (Å²) in [4.78, 5) is 13.0. The average molecular weight is 430 g/mol. The Labute approximate surface area is 177 Å². The monoisotopic (exact) mass is 429 g/mol. The molecular weight excluding hydrogens is 402 g/mol. The summed E-state index contributed by atoms with van der Waals surface area (Å²) in [6.45, 7) is 6.41. The smallest absolute Gasteiger partial charge is 0.246 e. The summed E-state index contributed by atoms with van der Waals surface area (Å²) in [5.74, 6) is 1.06. The Kier molecular flexibility index (Phi) is 5.14. The summed E-state index contributed by atoms with van der Waals surface area (Å²) in [5.41, 5.74) is 2.88. The molecular formula is C23H27NO5S. The number of hydrogen-bond acceptors (Lipinski definition) is 5. The molecule has 0 radical (unpaired) electrons. The molecule has 2 heterocycles. The zero-order chi connectivity index (χ0) is 21.7. The van der Waals surface area contributed by atoms with Crippen LogP contribution in [0.1, 0.15) is 46.3 Å². The molecule has 0 bridgehead atoms. The van der Waals surface area contributed by atoms with E-state index in [-0.39, 0.29) is 17.1 Å². The standard InChI is InChI=1S/C23H27NO5S/c1-15-5-8-20(28-4)21(13-15)30(26,27)24-11-9-23(10-12-24)14-19(25)18-7-6-16(2)17(3)22(18)29-23/h5-8,13H,9-12,14H2,1-4H3. The SMILES string of the molecule is COc1ccc(C)cc1S(=O)(=O)N1CCC2(CC1)CC(=O)c1ccc(C)c(C)c1O2. The highest BCUT2D eigenvalue weighted by Gasteiger charge is 2.45. The molecule has 30 heavy (non-hydrogen) atoms. The first-order chi connectivity index (χ1) is 14.2. The van der Waals surface area contributed by atoms with Gasteiger partial charge in [-0.3, -0.25) is 4.79 Å². The molecule has 0 N–H and O–H groups in total. The Hall–Kier alpha value is -2.38. The quantitative estimate of drug-likeness (QED) is 0.742. The van der Waals surface area contributed by atoms with Crippen LogP contribution in [0.4, 0.5) is 0 Å². The van der Waals surface area contributed by atoms with Crippen LogP contribution in [0.2, 0.25) is 0 Å². The number of hydrogen-bond donors (Lipinski definition) is 0. The number of rotatable bonds is 3. The number of nitrogens with zero attached hydrogens (tertiary/aromatic N) is 1. The minimum Gasteiger partial charge on any atom is -0.495 e. The van der Waals surface area contributed by atoms with E-state index in [4.69, 9.17) is 9.47 Å². The van der Waals surface area contributed by atoms with Crippen LogP contribution in [0.5, 0.6) is 11.5 Å². The first-order valence-electron chi connectivity index (χ1n) is 10.1. The van der Waals surface area contributed by atoms with Crippen molar-refractivity contribution in [3.05, 3.63) is 52.6 Å². The van der Waals surface area contributed by atoms with Gasteiger partial charge in [-0.1, -0.05) is 12.1 Å². The van der Waals surface area contributed by atoms with Crippen LogP contribution in [-0.4, -0.2) is 44.3 Å². The van der Waals surface area contributed by atoms with Gasteiger partial charge in [0.2, 0.25) is 10.0 Å². The predicted molar refractivity (Wildman–Crippen MR) is 114 cm³/mol. The van der Waals surface area contributed by atoms with Crippen LogP contribution in [0.15, 0.2) is 35.2 Å². The van der Waals surface area contributed by atoms with Gasteiger partial charge in [-0.15, -0.1) is 0 Å². The second kappa shape index (κ2) is 7.39. The van der Waals surface area contributed by atoms with Gasteiger partial charge < -0.3 is 9.47 Å². The molecule has 160 valence electrons. The lowest BCUT2D eigenvalue weighted by Crippen LogP contribution is -2.52. The zero-order valence-electron chi connectivity index (χ0n) is 17.8. The Balaban J connectivity index is 1.59. The van der Waals surface area contributed by atoms with Gasteiger partial charge in [0.1, 0.15) is 22.0 Å². The van der Waals surface area contributed by atoms with E-state index < -0.39 is 15.6 Å². The van der Waals surface area contributed by atoms with Crippen molar-refractivity contribution in [3.63, 3.8) is 0 Å². The van der Waals surface area contributed by atoms with E-state index in [1.165, 1.54) is 11.4 Å². The van der Waals surface area contributed by atoms with Gasteiger partial charge in [0, 0.05) is 25.9 Å². The number of sulfonamides is 1. The minimum absolute atomic E-state index is 0.0658. The summed E-state index contributed by atoms with van der Waals surface area (Å²) in [5, 5.41) is 0. The van der Waals surface area contributed by atoms with Crippen molar-refractivity contribution in [2.75, 3.05) is 20.2 Å². The molecule has 2 aliphatic rings. The molecule has 1 saturated heterocycles. The van der Waals surface area contributed by atoms with Gasteiger partial charge >= 0.3 is 0 Å². The van der Waals surface area contributed by atoms with Gasteiger partial charge in [-0.2, -0.15) is 4.31 Å². The van der Waals surface area contributed by atoms with Crippen LogP contribution in [0.3, 0.4) is 0 Å². The molecule has 1 spiro atoms. The zero-order valence-corrected chi connectivity index (χ0v) is 18.6. The molecule has 0 unspecified atom stereocenters. The summed E-state index contributed by atoms with van der Waals surface area (Å²) < 4.78 is 39.8. The molecule has 2 aromatic rings. The number of ketones is 1. The largest absolute Gasteiger partial charge is 0.495 e. The van der Waals surface area contributed by atoms with E-state index in [9.17, 15) is 13.2 Å². The molecule has 1 fully saturated rings. The number of ether oxygens (including phenoxy) is 2. The number of benzene rings is 2.